The van der Waals surface area contributed by atoms with Gasteiger partial charge in [-0.1, -0.05) is 42.5 Å². The van der Waals surface area contributed by atoms with Crippen LogP contribution in [-0.2, 0) is 11.2 Å². The van der Waals surface area contributed by atoms with Crippen LogP contribution in [0.25, 0.3) is 10.8 Å². The highest BCUT2D eigenvalue weighted by Crippen LogP contribution is 2.18. The Morgan fingerprint density at radius 3 is 2.73 bits per heavy atom. The standard InChI is InChI=1S/C20H23N5O/c1-25(2)17-13-19(24-23-14-17)21-10-11-22-20(26)12-16-8-5-7-15-6-3-4-9-18(15)16/h3-9,13-14H,10-12H2,1-2H3,(H,21,24)(H,22,26). The number of rotatable bonds is 7. The summed E-state index contributed by atoms with van der Waals surface area (Å²) in [4.78, 5) is 14.2. The van der Waals surface area contributed by atoms with Crippen molar-refractivity contribution in [3.05, 3.63) is 60.3 Å². The van der Waals surface area contributed by atoms with Crippen LogP contribution in [-0.4, -0.2) is 43.3 Å². The van der Waals surface area contributed by atoms with Crippen LogP contribution in [0.3, 0.4) is 0 Å². The zero-order chi connectivity index (χ0) is 18.4. The molecule has 0 atom stereocenters. The lowest BCUT2D eigenvalue weighted by Gasteiger charge is -2.13. The highest BCUT2D eigenvalue weighted by atomic mass is 16.1. The van der Waals surface area contributed by atoms with Gasteiger partial charge >= 0.3 is 0 Å². The Kier molecular flexibility index (Phi) is 5.63. The number of fused-ring (bicyclic) bond motifs is 1. The Morgan fingerprint density at radius 1 is 1.08 bits per heavy atom. The molecular weight excluding hydrogens is 326 g/mol. The van der Waals surface area contributed by atoms with Gasteiger partial charge < -0.3 is 15.5 Å². The molecule has 0 bridgehead atoms. The van der Waals surface area contributed by atoms with E-state index in [-0.39, 0.29) is 5.91 Å². The maximum Gasteiger partial charge on any atom is 0.224 e. The highest BCUT2D eigenvalue weighted by molar-refractivity contribution is 5.90. The molecule has 134 valence electrons. The van der Waals surface area contributed by atoms with Crippen LogP contribution >= 0.6 is 0 Å². The first kappa shape index (κ1) is 17.7. The fourth-order valence-electron chi connectivity index (χ4n) is 2.76. The van der Waals surface area contributed by atoms with E-state index in [1.807, 2.05) is 49.3 Å². The lowest BCUT2D eigenvalue weighted by molar-refractivity contribution is -0.120. The number of carbonyl (C=O) groups excluding carboxylic acids is 1. The lowest BCUT2D eigenvalue weighted by Crippen LogP contribution is -2.30. The Hall–Kier alpha value is -3.15. The second-order valence-corrected chi connectivity index (χ2v) is 6.29. The van der Waals surface area contributed by atoms with Crippen molar-refractivity contribution in [2.45, 2.75) is 6.42 Å². The van der Waals surface area contributed by atoms with Gasteiger partial charge in [-0.25, -0.2) is 0 Å². The fourth-order valence-corrected chi connectivity index (χ4v) is 2.76. The summed E-state index contributed by atoms with van der Waals surface area (Å²) in [5.74, 6) is 0.704. The van der Waals surface area contributed by atoms with Crippen LogP contribution < -0.4 is 15.5 Å². The minimum Gasteiger partial charge on any atom is -0.376 e. The molecule has 3 rings (SSSR count). The molecule has 26 heavy (non-hydrogen) atoms. The summed E-state index contributed by atoms with van der Waals surface area (Å²) in [5, 5.41) is 16.4. The first-order chi connectivity index (χ1) is 12.6. The molecular formula is C20H23N5O. The molecule has 0 spiro atoms. The van der Waals surface area contributed by atoms with E-state index in [0.717, 1.165) is 22.0 Å². The Bertz CT molecular complexity index is 889. The van der Waals surface area contributed by atoms with E-state index < -0.39 is 0 Å². The van der Waals surface area contributed by atoms with Gasteiger partial charge in [-0.2, -0.15) is 5.10 Å². The van der Waals surface area contributed by atoms with Crippen LogP contribution in [0.5, 0.6) is 0 Å². The molecule has 0 unspecified atom stereocenters. The summed E-state index contributed by atoms with van der Waals surface area (Å²) in [6.07, 6.45) is 2.08. The van der Waals surface area contributed by atoms with Crippen molar-refractivity contribution >= 4 is 28.2 Å². The third-order valence-corrected chi connectivity index (χ3v) is 4.14. The van der Waals surface area contributed by atoms with Crippen molar-refractivity contribution in [2.75, 3.05) is 37.4 Å². The van der Waals surface area contributed by atoms with E-state index in [1.165, 1.54) is 0 Å². The van der Waals surface area contributed by atoms with Crippen LogP contribution in [0.1, 0.15) is 5.56 Å². The van der Waals surface area contributed by atoms with Crippen molar-refractivity contribution < 1.29 is 4.79 Å². The first-order valence-corrected chi connectivity index (χ1v) is 8.61. The molecule has 2 N–H and O–H groups in total. The number of benzene rings is 2. The van der Waals surface area contributed by atoms with Gasteiger partial charge in [0.2, 0.25) is 5.91 Å². The summed E-state index contributed by atoms with van der Waals surface area (Å²) >= 11 is 0. The summed E-state index contributed by atoms with van der Waals surface area (Å²) < 4.78 is 0. The molecule has 0 aliphatic rings. The van der Waals surface area contributed by atoms with Gasteiger partial charge in [0.25, 0.3) is 0 Å². The second kappa shape index (κ2) is 8.29. The van der Waals surface area contributed by atoms with Gasteiger partial charge in [0.15, 0.2) is 5.82 Å². The van der Waals surface area contributed by atoms with Gasteiger partial charge in [-0.15, -0.1) is 5.10 Å². The number of carbonyl (C=O) groups is 1. The smallest absolute Gasteiger partial charge is 0.224 e. The molecule has 0 aliphatic heterocycles. The molecule has 1 aromatic heterocycles. The highest BCUT2D eigenvalue weighted by Gasteiger charge is 2.06. The molecule has 6 nitrogen and oxygen atoms in total. The molecule has 1 heterocycles. The number of nitrogens with zero attached hydrogens (tertiary/aromatic N) is 3. The molecule has 0 saturated carbocycles. The van der Waals surface area contributed by atoms with Crippen LogP contribution in [0, 0.1) is 0 Å². The monoisotopic (exact) mass is 349 g/mol. The summed E-state index contributed by atoms with van der Waals surface area (Å²) in [7, 11) is 3.91. The van der Waals surface area contributed by atoms with Crippen molar-refractivity contribution in [1.82, 2.24) is 15.5 Å². The largest absolute Gasteiger partial charge is 0.376 e. The Labute approximate surface area is 153 Å². The number of aromatic nitrogens is 2. The average Bonchev–Trinajstić information content (AvgIpc) is 2.66. The minimum absolute atomic E-state index is 0.0104. The van der Waals surface area contributed by atoms with Gasteiger partial charge in [-0.3, -0.25) is 4.79 Å². The molecule has 0 saturated heterocycles. The molecule has 0 fully saturated rings. The third kappa shape index (κ3) is 4.47. The Balaban J connectivity index is 1.49. The average molecular weight is 349 g/mol. The normalized spacial score (nSPS) is 10.5. The van der Waals surface area contributed by atoms with E-state index in [9.17, 15) is 4.79 Å². The molecule has 1 amide bonds. The molecule has 2 aromatic carbocycles. The molecule has 6 heteroatoms. The zero-order valence-electron chi connectivity index (χ0n) is 15.1. The van der Waals surface area contributed by atoms with Crippen LogP contribution in [0.15, 0.2) is 54.7 Å². The van der Waals surface area contributed by atoms with Crippen LogP contribution in [0.4, 0.5) is 11.5 Å². The second-order valence-electron chi connectivity index (χ2n) is 6.29. The summed E-state index contributed by atoms with van der Waals surface area (Å²) in [5.41, 5.74) is 2.01. The third-order valence-electron chi connectivity index (χ3n) is 4.14. The molecule has 3 aromatic rings. The van der Waals surface area contributed by atoms with E-state index in [1.54, 1.807) is 6.20 Å². The maximum absolute atomic E-state index is 12.2. The van der Waals surface area contributed by atoms with E-state index in [0.29, 0.717) is 25.3 Å². The number of anilines is 2. The number of hydrogen-bond acceptors (Lipinski definition) is 5. The zero-order valence-corrected chi connectivity index (χ0v) is 15.1. The number of amides is 1. The predicted molar refractivity (Wildman–Crippen MR) is 106 cm³/mol. The van der Waals surface area contributed by atoms with Crippen molar-refractivity contribution in [3.8, 4) is 0 Å². The Morgan fingerprint density at radius 2 is 1.88 bits per heavy atom. The molecule has 0 radical (unpaired) electrons. The molecule has 0 aliphatic carbocycles. The first-order valence-electron chi connectivity index (χ1n) is 8.61. The topological polar surface area (TPSA) is 70.2 Å². The number of hydrogen-bond donors (Lipinski definition) is 2. The summed E-state index contributed by atoms with van der Waals surface area (Å²) in [6.45, 7) is 1.12. The van der Waals surface area contributed by atoms with E-state index in [4.69, 9.17) is 0 Å². The van der Waals surface area contributed by atoms with Gasteiger partial charge in [0, 0.05) is 33.3 Å². The predicted octanol–water partition coefficient (Wildman–Crippen LogP) is 2.47. The number of nitrogens with one attached hydrogen (secondary N) is 2. The fraction of sp³-hybridized carbons (Fsp3) is 0.250. The van der Waals surface area contributed by atoms with Crippen molar-refractivity contribution in [1.29, 1.82) is 0 Å². The summed E-state index contributed by atoms with van der Waals surface area (Å²) in [6, 6.07) is 16.1. The quantitative estimate of drug-likeness (QED) is 0.641. The van der Waals surface area contributed by atoms with E-state index in [2.05, 4.69) is 39.0 Å². The van der Waals surface area contributed by atoms with Gasteiger partial charge in [-0.05, 0) is 16.3 Å². The minimum atomic E-state index is 0.0104. The van der Waals surface area contributed by atoms with Gasteiger partial charge in [0.1, 0.15) is 0 Å². The lowest BCUT2D eigenvalue weighted by atomic mass is 10.0. The van der Waals surface area contributed by atoms with Crippen LogP contribution in [0.2, 0.25) is 0 Å². The van der Waals surface area contributed by atoms with E-state index >= 15 is 0 Å². The van der Waals surface area contributed by atoms with Crippen molar-refractivity contribution in [2.24, 2.45) is 0 Å². The van der Waals surface area contributed by atoms with Gasteiger partial charge in [0.05, 0.1) is 18.3 Å². The maximum atomic E-state index is 12.2. The van der Waals surface area contributed by atoms with Crippen molar-refractivity contribution in [3.63, 3.8) is 0 Å². The SMILES string of the molecule is CN(C)c1cnnc(NCCNC(=O)Cc2cccc3ccccc23)c1.